The maximum absolute atomic E-state index is 12.6. The molecule has 3 heterocycles. The largest absolute Gasteiger partial charge is 0.342 e. The Morgan fingerprint density at radius 1 is 1.28 bits per heavy atom. The Labute approximate surface area is 149 Å². The molecule has 0 spiro atoms. The van der Waals surface area contributed by atoms with Gasteiger partial charge in [-0.25, -0.2) is 4.98 Å². The molecule has 0 saturated carbocycles. The van der Waals surface area contributed by atoms with Gasteiger partial charge < -0.3 is 9.47 Å². The number of aryl methyl sites for hydroxylation is 5. The molecule has 1 aliphatic heterocycles. The fourth-order valence-corrected chi connectivity index (χ4v) is 3.87. The highest BCUT2D eigenvalue weighted by atomic mass is 16.2. The summed E-state index contributed by atoms with van der Waals surface area (Å²) in [5, 5.41) is 4.46. The highest BCUT2D eigenvalue weighted by Crippen LogP contribution is 2.26. The van der Waals surface area contributed by atoms with E-state index in [2.05, 4.69) is 33.8 Å². The maximum atomic E-state index is 12.6. The van der Waals surface area contributed by atoms with Crippen LogP contribution >= 0.6 is 0 Å². The van der Waals surface area contributed by atoms with Gasteiger partial charge in [0.2, 0.25) is 5.91 Å². The number of aromatic nitrogens is 4. The molecule has 1 fully saturated rings. The van der Waals surface area contributed by atoms with Crippen molar-refractivity contribution in [1.82, 2.24) is 24.2 Å². The third kappa shape index (κ3) is 4.11. The fraction of sp³-hybridized carbons (Fsp3) is 0.632. The molecule has 1 amide bonds. The van der Waals surface area contributed by atoms with Crippen molar-refractivity contribution in [3.05, 3.63) is 35.2 Å². The van der Waals surface area contributed by atoms with Crippen LogP contribution in [0.1, 0.15) is 54.5 Å². The number of imidazole rings is 1. The molecule has 0 aliphatic carbocycles. The minimum absolute atomic E-state index is 0.261. The van der Waals surface area contributed by atoms with E-state index in [0.717, 1.165) is 61.8 Å². The third-order valence-corrected chi connectivity index (χ3v) is 5.04. The first-order valence-corrected chi connectivity index (χ1v) is 9.22. The summed E-state index contributed by atoms with van der Waals surface area (Å²) in [5.41, 5.74) is 3.24. The van der Waals surface area contributed by atoms with Crippen LogP contribution in [-0.4, -0.2) is 43.2 Å². The van der Waals surface area contributed by atoms with Crippen molar-refractivity contribution < 1.29 is 4.79 Å². The van der Waals surface area contributed by atoms with Gasteiger partial charge in [0.25, 0.3) is 0 Å². The lowest BCUT2D eigenvalue weighted by Crippen LogP contribution is -2.39. The lowest BCUT2D eigenvalue weighted by atomic mass is 9.96. The smallest absolute Gasteiger partial charge is 0.222 e. The number of likely N-dealkylation sites (tertiary alicyclic amines) is 1. The molecule has 25 heavy (non-hydrogen) atoms. The van der Waals surface area contributed by atoms with E-state index in [1.54, 1.807) is 0 Å². The first kappa shape index (κ1) is 17.7. The second-order valence-corrected chi connectivity index (χ2v) is 7.28. The van der Waals surface area contributed by atoms with E-state index in [9.17, 15) is 4.79 Å². The van der Waals surface area contributed by atoms with Gasteiger partial charge in [-0.1, -0.05) is 0 Å². The predicted molar refractivity (Wildman–Crippen MR) is 97.4 cm³/mol. The van der Waals surface area contributed by atoms with Gasteiger partial charge in [0, 0.05) is 50.9 Å². The van der Waals surface area contributed by atoms with E-state index < -0.39 is 0 Å². The van der Waals surface area contributed by atoms with Crippen molar-refractivity contribution >= 4 is 5.91 Å². The molecule has 6 nitrogen and oxygen atoms in total. The Balaban J connectivity index is 1.53. The quantitative estimate of drug-likeness (QED) is 0.839. The molecule has 2 aromatic heterocycles. The van der Waals surface area contributed by atoms with Gasteiger partial charge in [0.1, 0.15) is 5.82 Å². The van der Waals surface area contributed by atoms with Crippen LogP contribution in [-0.2, 0) is 18.4 Å². The molecule has 3 rings (SSSR count). The molecule has 0 N–H and O–H groups in total. The summed E-state index contributed by atoms with van der Waals surface area (Å²) >= 11 is 0. The van der Waals surface area contributed by atoms with Gasteiger partial charge in [-0.15, -0.1) is 0 Å². The number of amides is 1. The van der Waals surface area contributed by atoms with Crippen molar-refractivity contribution in [3.8, 4) is 0 Å². The molecule has 1 saturated heterocycles. The van der Waals surface area contributed by atoms with Gasteiger partial charge in [0.15, 0.2) is 0 Å². The summed E-state index contributed by atoms with van der Waals surface area (Å²) in [4.78, 5) is 19.3. The summed E-state index contributed by atoms with van der Waals surface area (Å²) in [7, 11) is 2.05. The lowest BCUT2D eigenvalue weighted by Gasteiger charge is -2.32. The van der Waals surface area contributed by atoms with E-state index in [1.807, 2.05) is 30.5 Å². The summed E-state index contributed by atoms with van der Waals surface area (Å²) in [6, 6.07) is 2.08. The van der Waals surface area contributed by atoms with E-state index in [-0.39, 0.29) is 5.91 Å². The monoisotopic (exact) mass is 343 g/mol. The normalized spacial score (nSPS) is 17.9. The maximum Gasteiger partial charge on any atom is 0.222 e. The number of hydrogen-bond donors (Lipinski definition) is 0. The minimum Gasteiger partial charge on any atom is -0.342 e. The highest BCUT2D eigenvalue weighted by molar-refractivity contribution is 5.76. The molecule has 2 aromatic rings. The fourth-order valence-electron chi connectivity index (χ4n) is 3.87. The number of carbonyl (C=O) groups excluding carboxylic acids is 1. The zero-order valence-corrected chi connectivity index (χ0v) is 15.8. The van der Waals surface area contributed by atoms with Gasteiger partial charge in [-0.3, -0.25) is 9.48 Å². The number of nitrogens with zero attached hydrogens (tertiary/aromatic N) is 5. The molecule has 6 heteroatoms. The molecular formula is C19H29N5O. The average Bonchev–Trinajstić information content (AvgIpc) is 3.08. The standard InChI is InChI=1S/C19H29N5O/c1-14-11-16(3)24(21-14)10-6-8-18(25)23-9-5-7-17(13-23)19-20-15(2)12-22(19)4/h11-12,17H,5-10,13H2,1-4H3/t17-/m1/s1. The first-order valence-electron chi connectivity index (χ1n) is 9.22. The summed E-state index contributed by atoms with van der Waals surface area (Å²) in [6.45, 7) is 8.56. The first-order chi connectivity index (χ1) is 11.9. The van der Waals surface area contributed by atoms with Crippen LogP contribution in [0.3, 0.4) is 0 Å². The topological polar surface area (TPSA) is 56.0 Å². The molecule has 1 atom stereocenters. The van der Waals surface area contributed by atoms with Crippen LogP contribution in [0.2, 0.25) is 0 Å². The molecule has 0 bridgehead atoms. The van der Waals surface area contributed by atoms with Crippen LogP contribution in [0.25, 0.3) is 0 Å². The Kier molecular flexibility index (Phi) is 5.25. The zero-order valence-electron chi connectivity index (χ0n) is 15.8. The van der Waals surface area contributed by atoms with E-state index in [4.69, 9.17) is 0 Å². The van der Waals surface area contributed by atoms with Gasteiger partial charge in [0.05, 0.1) is 11.4 Å². The molecule has 136 valence electrons. The van der Waals surface area contributed by atoms with Gasteiger partial charge >= 0.3 is 0 Å². The minimum atomic E-state index is 0.261. The van der Waals surface area contributed by atoms with Gasteiger partial charge in [-0.05, 0) is 46.1 Å². The number of piperidine rings is 1. The Morgan fingerprint density at radius 2 is 2.08 bits per heavy atom. The van der Waals surface area contributed by atoms with E-state index >= 15 is 0 Å². The van der Waals surface area contributed by atoms with Crippen molar-refractivity contribution in [2.24, 2.45) is 7.05 Å². The van der Waals surface area contributed by atoms with Gasteiger partial charge in [-0.2, -0.15) is 5.10 Å². The van der Waals surface area contributed by atoms with Crippen LogP contribution < -0.4 is 0 Å². The lowest BCUT2D eigenvalue weighted by molar-refractivity contribution is -0.132. The summed E-state index contributed by atoms with van der Waals surface area (Å²) < 4.78 is 4.11. The van der Waals surface area contributed by atoms with Crippen molar-refractivity contribution in [2.75, 3.05) is 13.1 Å². The Morgan fingerprint density at radius 3 is 2.72 bits per heavy atom. The Bertz CT molecular complexity index is 745. The zero-order chi connectivity index (χ0) is 18.0. The molecular weight excluding hydrogens is 314 g/mol. The third-order valence-electron chi connectivity index (χ3n) is 5.04. The second-order valence-electron chi connectivity index (χ2n) is 7.28. The number of hydrogen-bond acceptors (Lipinski definition) is 3. The van der Waals surface area contributed by atoms with Crippen molar-refractivity contribution in [1.29, 1.82) is 0 Å². The second kappa shape index (κ2) is 7.42. The van der Waals surface area contributed by atoms with E-state index in [0.29, 0.717) is 12.3 Å². The number of carbonyl (C=O) groups is 1. The van der Waals surface area contributed by atoms with Crippen molar-refractivity contribution in [3.63, 3.8) is 0 Å². The molecule has 0 unspecified atom stereocenters. The van der Waals surface area contributed by atoms with Crippen LogP contribution in [0, 0.1) is 20.8 Å². The summed E-state index contributed by atoms with van der Waals surface area (Å²) in [6.07, 6.45) is 5.65. The highest BCUT2D eigenvalue weighted by Gasteiger charge is 2.27. The van der Waals surface area contributed by atoms with Crippen LogP contribution in [0.15, 0.2) is 12.3 Å². The van der Waals surface area contributed by atoms with Crippen LogP contribution in [0.4, 0.5) is 0 Å². The SMILES string of the molecule is Cc1cn(C)c([C@@H]2CCCN(C(=O)CCCn3nc(C)cc3C)C2)n1. The molecule has 1 aliphatic rings. The Hall–Kier alpha value is -2.11. The molecule has 0 aromatic carbocycles. The average molecular weight is 343 g/mol. The van der Waals surface area contributed by atoms with E-state index in [1.165, 1.54) is 0 Å². The molecule has 0 radical (unpaired) electrons. The van der Waals surface area contributed by atoms with Crippen LogP contribution in [0.5, 0.6) is 0 Å². The van der Waals surface area contributed by atoms with Crippen molar-refractivity contribution in [2.45, 2.75) is 58.9 Å². The number of rotatable bonds is 5. The predicted octanol–water partition coefficient (Wildman–Crippen LogP) is 2.73. The summed E-state index contributed by atoms with van der Waals surface area (Å²) in [5.74, 6) is 1.72.